The summed E-state index contributed by atoms with van der Waals surface area (Å²) in [5.74, 6) is -0.835. The molecule has 0 saturated heterocycles. The van der Waals surface area contributed by atoms with Crippen molar-refractivity contribution in [1.29, 1.82) is 0 Å². The van der Waals surface area contributed by atoms with Gasteiger partial charge in [-0.2, -0.15) is 5.10 Å². The van der Waals surface area contributed by atoms with Gasteiger partial charge in [-0.15, -0.1) is 0 Å². The molecular weight excluding hydrogens is 515 g/mol. The molecule has 182 valence electrons. The maximum Gasteiger partial charge on any atom is 0.264 e. The molecule has 0 fully saturated rings. The van der Waals surface area contributed by atoms with E-state index < -0.39 is 28.4 Å². The van der Waals surface area contributed by atoms with Crippen molar-refractivity contribution in [1.82, 2.24) is 5.43 Å². The number of nitrogens with one attached hydrogen (secondary N) is 1. The van der Waals surface area contributed by atoms with Crippen molar-refractivity contribution >= 4 is 56.9 Å². The number of carbonyl (C=O) groups excluding carboxylic acids is 2. The maximum absolute atomic E-state index is 13.3. The molecule has 0 saturated carbocycles. The lowest BCUT2D eigenvalue weighted by molar-refractivity contribution is -0.120. The lowest BCUT2D eigenvalue weighted by Gasteiger charge is -2.23. The zero-order valence-corrected chi connectivity index (χ0v) is 20.4. The lowest BCUT2D eigenvalue weighted by Crippen LogP contribution is -2.39. The van der Waals surface area contributed by atoms with Crippen LogP contribution in [-0.4, -0.2) is 39.6 Å². The lowest BCUT2D eigenvalue weighted by atomic mass is 10.2. The van der Waals surface area contributed by atoms with Crippen LogP contribution in [0, 0.1) is 0 Å². The first kappa shape index (κ1) is 26.0. The number of ether oxygens (including phenoxy) is 1. The van der Waals surface area contributed by atoms with Gasteiger partial charge >= 0.3 is 0 Å². The number of benzene rings is 3. The molecule has 0 radical (unpaired) electrons. The number of carbonyl (C=O) groups is 2. The number of amides is 2. The van der Waals surface area contributed by atoms with E-state index >= 15 is 0 Å². The van der Waals surface area contributed by atoms with Crippen LogP contribution >= 0.6 is 23.2 Å². The highest BCUT2D eigenvalue weighted by Gasteiger charge is 2.27. The van der Waals surface area contributed by atoms with E-state index in [-0.39, 0.29) is 17.2 Å². The van der Waals surface area contributed by atoms with Crippen molar-refractivity contribution in [3.63, 3.8) is 0 Å². The van der Waals surface area contributed by atoms with Gasteiger partial charge in [0.15, 0.2) is 6.61 Å². The van der Waals surface area contributed by atoms with Gasteiger partial charge < -0.3 is 10.5 Å². The third-order valence-corrected chi connectivity index (χ3v) is 6.72. The summed E-state index contributed by atoms with van der Waals surface area (Å²) in [5.41, 5.74) is 8.17. The molecule has 12 heteroatoms. The van der Waals surface area contributed by atoms with Gasteiger partial charge in [-0.25, -0.2) is 13.8 Å². The van der Waals surface area contributed by atoms with E-state index in [2.05, 4.69) is 10.5 Å². The molecule has 3 aromatic rings. The Kier molecular flexibility index (Phi) is 8.69. The van der Waals surface area contributed by atoms with Crippen molar-refractivity contribution < 1.29 is 22.7 Å². The van der Waals surface area contributed by atoms with E-state index in [0.717, 1.165) is 4.31 Å². The Hall–Kier alpha value is -3.60. The van der Waals surface area contributed by atoms with Crippen molar-refractivity contribution in [2.75, 3.05) is 17.5 Å². The van der Waals surface area contributed by atoms with E-state index in [1.54, 1.807) is 36.4 Å². The Bertz CT molecular complexity index is 1330. The first-order chi connectivity index (χ1) is 16.6. The number of rotatable bonds is 10. The topological polar surface area (TPSA) is 131 Å². The first-order valence-electron chi connectivity index (χ1n) is 10.0. The summed E-state index contributed by atoms with van der Waals surface area (Å²) in [6.07, 6.45) is 1.37. The van der Waals surface area contributed by atoms with Gasteiger partial charge in [0.2, 0.25) is 0 Å². The standard InChI is InChI=1S/C23H20Cl2N4O5S/c24-17-6-10-21(11-7-17)35(32,33)29(19-3-1-2-18(25)12-19)14-23(31)28-27-13-16-4-8-20(9-5-16)34-15-22(26)30/h1-13H,14-15H2,(H2,26,30)(H,28,31)/b27-13-. The minimum atomic E-state index is -4.12. The Morgan fingerprint density at radius 3 is 2.31 bits per heavy atom. The first-order valence-corrected chi connectivity index (χ1v) is 12.2. The van der Waals surface area contributed by atoms with Crippen LogP contribution in [0.1, 0.15) is 5.56 Å². The Morgan fingerprint density at radius 1 is 1.00 bits per heavy atom. The minimum absolute atomic E-state index is 0.0446. The van der Waals surface area contributed by atoms with E-state index in [9.17, 15) is 18.0 Å². The second kappa shape index (κ2) is 11.7. The highest BCUT2D eigenvalue weighted by atomic mass is 35.5. The van der Waals surface area contributed by atoms with Crippen LogP contribution in [0.2, 0.25) is 10.0 Å². The number of halogens is 2. The molecular formula is C23H20Cl2N4O5S. The van der Waals surface area contributed by atoms with Crippen LogP contribution in [0.4, 0.5) is 5.69 Å². The largest absolute Gasteiger partial charge is 0.484 e. The number of primary amides is 1. The third kappa shape index (κ3) is 7.44. The number of nitrogens with two attached hydrogens (primary N) is 1. The monoisotopic (exact) mass is 534 g/mol. The molecule has 0 aliphatic heterocycles. The van der Waals surface area contributed by atoms with Gasteiger partial charge in [-0.1, -0.05) is 29.3 Å². The molecule has 0 atom stereocenters. The van der Waals surface area contributed by atoms with Crippen LogP contribution < -0.4 is 20.2 Å². The van der Waals surface area contributed by atoms with Gasteiger partial charge in [0.05, 0.1) is 16.8 Å². The molecule has 2 amide bonds. The van der Waals surface area contributed by atoms with Crippen LogP contribution in [0.3, 0.4) is 0 Å². The molecule has 3 N–H and O–H groups in total. The Labute approximate surface area is 212 Å². The molecule has 0 heterocycles. The van der Waals surface area contributed by atoms with Crippen molar-refractivity contribution in [3.8, 4) is 5.75 Å². The molecule has 0 aromatic heterocycles. The number of sulfonamides is 1. The molecule has 3 aromatic carbocycles. The third-order valence-electron chi connectivity index (χ3n) is 4.45. The normalized spacial score (nSPS) is 11.3. The van der Waals surface area contributed by atoms with Gasteiger partial charge in [-0.3, -0.25) is 13.9 Å². The van der Waals surface area contributed by atoms with Gasteiger partial charge in [-0.05, 0) is 72.3 Å². The van der Waals surface area contributed by atoms with Crippen LogP contribution in [0.15, 0.2) is 82.8 Å². The van der Waals surface area contributed by atoms with Gasteiger partial charge in [0.1, 0.15) is 12.3 Å². The fourth-order valence-electron chi connectivity index (χ4n) is 2.83. The molecule has 0 aliphatic carbocycles. The molecule has 0 bridgehead atoms. The van der Waals surface area contributed by atoms with E-state index in [4.69, 9.17) is 33.7 Å². The summed E-state index contributed by atoms with van der Waals surface area (Å²) in [6, 6.07) is 18.2. The number of hydrogen-bond donors (Lipinski definition) is 2. The summed E-state index contributed by atoms with van der Waals surface area (Å²) in [5, 5.41) is 4.55. The van der Waals surface area contributed by atoms with Crippen molar-refractivity contribution in [3.05, 3.63) is 88.4 Å². The average Bonchev–Trinajstić information content (AvgIpc) is 2.82. The summed E-state index contributed by atoms with van der Waals surface area (Å²) in [7, 11) is -4.12. The average molecular weight is 535 g/mol. The molecule has 35 heavy (non-hydrogen) atoms. The molecule has 9 nitrogen and oxygen atoms in total. The SMILES string of the molecule is NC(=O)COc1ccc(/C=N\NC(=O)CN(c2cccc(Cl)c2)S(=O)(=O)c2ccc(Cl)cc2)cc1. The predicted octanol–water partition coefficient (Wildman–Crippen LogP) is 3.20. The van der Waals surface area contributed by atoms with Crippen LogP contribution in [-0.2, 0) is 19.6 Å². The quantitative estimate of drug-likeness (QED) is 0.304. The van der Waals surface area contributed by atoms with Crippen LogP contribution in [0.25, 0.3) is 0 Å². The highest BCUT2D eigenvalue weighted by Crippen LogP contribution is 2.26. The van der Waals surface area contributed by atoms with Crippen molar-refractivity contribution in [2.24, 2.45) is 10.8 Å². The summed E-state index contributed by atoms with van der Waals surface area (Å²) in [6.45, 7) is -0.798. The highest BCUT2D eigenvalue weighted by molar-refractivity contribution is 7.92. The molecule has 0 unspecified atom stereocenters. The number of hydrogen-bond acceptors (Lipinski definition) is 6. The van der Waals surface area contributed by atoms with Gasteiger partial charge in [0, 0.05) is 10.0 Å². The molecule has 0 aliphatic rings. The zero-order chi connectivity index (χ0) is 25.4. The summed E-state index contributed by atoms with van der Waals surface area (Å²) in [4.78, 5) is 23.3. The van der Waals surface area contributed by atoms with E-state index in [1.165, 1.54) is 42.6 Å². The van der Waals surface area contributed by atoms with E-state index in [1.807, 2.05) is 0 Å². The Morgan fingerprint density at radius 2 is 1.69 bits per heavy atom. The maximum atomic E-state index is 13.3. The van der Waals surface area contributed by atoms with E-state index in [0.29, 0.717) is 21.4 Å². The predicted molar refractivity (Wildman–Crippen MR) is 134 cm³/mol. The molecule has 3 rings (SSSR count). The zero-order valence-electron chi connectivity index (χ0n) is 18.1. The van der Waals surface area contributed by atoms with Crippen LogP contribution in [0.5, 0.6) is 5.75 Å². The molecule has 0 spiro atoms. The fraction of sp³-hybridized carbons (Fsp3) is 0.0870. The summed E-state index contributed by atoms with van der Waals surface area (Å²) >= 11 is 11.9. The number of anilines is 1. The number of hydrazone groups is 1. The smallest absolute Gasteiger partial charge is 0.264 e. The van der Waals surface area contributed by atoms with Crippen molar-refractivity contribution in [2.45, 2.75) is 4.90 Å². The number of nitrogens with zero attached hydrogens (tertiary/aromatic N) is 2. The minimum Gasteiger partial charge on any atom is -0.484 e. The second-order valence-electron chi connectivity index (χ2n) is 7.06. The fourth-order valence-corrected chi connectivity index (χ4v) is 4.55. The Balaban J connectivity index is 1.73. The van der Waals surface area contributed by atoms with Gasteiger partial charge in [0.25, 0.3) is 21.8 Å². The summed E-state index contributed by atoms with van der Waals surface area (Å²) < 4.78 is 32.7. The second-order valence-corrected chi connectivity index (χ2v) is 9.80.